The molecule has 1 aliphatic rings. The second-order valence-electron chi connectivity index (χ2n) is 5.93. The van der Waals surface area contributed by atoms with Gasteiger partial charge in [0.1, 0.15) is 17.6 Å². The van der Waals surface area contributed by atoms with Crippen molar-refractivity contribution in [2.24, 2.45) is 0 Å². The Bertz CT molecular complexity index is 902. The lowest BCUT2D eigenvalue weighted by Gasteiger charge is -2.17. The summed E-state index contributed by atoms with van der Waals surface area (Å²) in [4.78, 5) is 28.4. The Morgan fingerprint density at radius 2 is 2.07 bits per heavy atom. The van der Waals surface area contributed by atoms with Crippen molar-refractivity contribution in [1.82, 2.24) is 15.2 Å². The molecule has 0 spiro atoms. The summed E-state index contributed by atoms with van der Waals surface area (Å²) in [5.41, 5.74) is -1.14. The van der Waals surface area contributed by atoms with E-state index in [0.29, 0.717) is 6.20 Å². The lowest BCUT2D eigenvalue weighted by atomic mass is 10.2. The standard InChI is InChI=1S/C17H14F4N4O3/c1-25-13(8-23-16(25)27)15(26)24-12-6-10(3-4-11(12)18)28-14-5-2-9(7-22-14)17(19,20)21/h2-7,13H,8H2,1H3,(H,23,27)(H,24,26)/t13-/m0/s1. The maximum atomic E-state index is 14.0. The van der Waals surface area contributed by atoms with Crippen LogP contribution in [0.5, 0.6) is 11.6 Å². The molecule has 1 aromatic carbocycles. The van der Waals surface area contributed by atoms with Crippen LogP contribution in [0.4, 0.5) is 28.0 Å². The van der Waals surface area contributed by atoms with Crippen molar-refractivity contribution >= 4 is 17.6 Å². The van der Waals surface area contributed by atoms with E-state index in [0.717, 1.165) is 24.3 Å². The average molecular weight is 398 g/mol. The fourth-order valence-corrected chi connectivity index (χ4v) is 2.46. The predicted molar refractivity (Wildman–Crippen MR) is 89.3 cm³/mol. The maximum Gasteiger partial charge on any atom is 0.417 e. The van der Waals surface area contributed by atoms with Crippen LogP contribution in [-0.4, -0.2) is 41.5 Å². The Morgan fingerprint density at radius 3 is 2.64 bits per heavy atom. The Hall–Kier alpha value is -3.37. The van der Waals surface area contributed by atoms with Gasteiger partial charge in [-0.15, -0.1) is 0 Å². The molecule has 0 saturated carbocycles. The van der Waals surface area contributed by atoms with Crippen molar-refractivity contribution < 1.29 is 31.9 Å². The fourth-order valence-electron chi connectivity index (χ4n) is 2.46. The highest BCUT2D eigenvalue weighted by Gasteiger charge is 2.33. The summed E-state index contributed by atoms with van der Waals surface area (Å²) in [6, 6.07) is 4.01. The second kappa shape index (κ2) is 7.33. The first-order valence-corrected chi connectivity index (χ1v) is 7.97. The van der Waals surface area contributed by atoms with Crippen LogP contribution in [0.3, 0.4) is 0 Å². The van der Waals surface area contributed by atoms with Crippen molar-refractivity contribution in [3.8, 4) is 11.6 Å². The molecule has 3 rings (SSSR count). The number of amides is 3. The van der Waals surface area contributed by atoms with Gasteiger partial charge in [0.05, 0.1) is 11.3 Å². The highest BCUT2D eigenvalue weighted by molar-refractivity contribution is 5.99. The van der Waals surface area contributed by atoms with Crippen molar-refractivity contribution in [1.29, 1.82) is 0 Å². The minimum atomic E-state index is -4.53. The van der Waals surface area contributed by atoms with E-state index < -0.39 is 35.5 Å². The van der Waals surface area contributed by atoms with Crippen molar-refractivity contribution in [3.05, 3.63) is 47.9 Å². The first-order valence-electron chi connectivity index (χ1n) is 7.97. The molecule has 148 valence electrons. The van der Waals surface area contributed by atoms with E-state index in [-0.39, 0.29) is 23.9 Å². The van der Waals surface area contributed by atoms with Gasteiger partial charge in [-0.3, -0.25) is 4.79 Å². The van der Waals surface area contributed by atoms with E-state index in [4.69, 9.17) is 4.74 Å². The number of carbonyl (C=O) groups is 2. The average Bonchev–Trinajstić information content (AvgIpc) is 2.97. The maximum absolute atomic E-state index is 14.0. The topological polar surface area (TPSA) is 83.6 Å². The van der Waals surface area contributed by atoms with Gasteiger partial charge < -0.3 is 20.3 Å². The Morgan fingerprint density at radius 1 is 1.32 bits per heavy atom. The third-order valence-corrected chi connectivity index (χ3v) is 4.02. The molecule has 1 fully saturated rings. The first-order chi connectivity index (χ1) is 13.1. The molecule has 1 aliphatic heterocycles. The zero-order chi connectivity index (χ0) is 20.5. The lowest BCUT2D eigenvalue weighted by molar-refractivity contribution is -0.137. The number of alkyl halides is 3. The largest absolute Gasteiger partial charge is 0.439 e. The van der Waals surface area contributed by atoms with E-state index >= 15 is 0 Å². The number of anilines is 1. The number of likely N-dealkylation sites (N-methyl/N-ethyl adjacent to an activating group) is 1. The molecule has 1 atom stereocenters. The van der Waals surface area contributed by atoms with Crippen LogP contribution in [0.2, 0.25) is 0 Å². The van der Waals surface area contributed by atoms with Gasteiger partial charge in [0.25, 0.3) is 0 Å². The van der Waals surface area contributed by atoms with Gasteiger partial charge >= 0.3 is 12.2 Å². The van der Waals surface area contributed by atoms with E-state index in [9.17, 15) is 27.2 Å². The molecular formula is C17H14F4N4O3. The van der Waals surface area contributed by atoms with Crippen LogP contribution >= 0.6 is 0 Å². The van der Waals surface area contributed by atoms with E-state index in [1.807, 2.05) is 0 Å². The minimum absolute atomic E-state index is 0.0536. The molecule has 7 nitrogen and oxygen atoms in total. The number of hydrogen-bond acceptors (Lipinski definition) is 4. The van der Waals surface area contributed by atoms with Crippen molar-refractivity contribution in [2.45, 2.75) is 12.2 Å². The highest BCUT2D eigenvalue weighted by Crippen LogP contribution is 2.30. The molecule has 0 bridgehead atoms. The Balaban J connectivity index is 1.73. The smallest absolute Gasteiger partial charge is 0.417 e. The zero-order valence-electron chi connectivity index (χ0n) is 14.4. The molecule has 3 amide bonds. The third kappa shape index (κ3) is 4.13. The van der Waals surface area contributed by atoms with Crippen LogP contribution in [-0.2, 0) is 11.0 Å². The third-order valence-electron chi connectivity index (χ3n) is 4.02. The van der Waals surface area contributed by atoms with Crippen LogP contribution in [0.25, 0.3) is 0 Å². The number of hydrogen-bond donors (Lipinski definition) is 2. The zero-order valence-corrected chi connectivity index (χ0v) is 14.4. The molecule has 0 unspecified atom stereocenters. The Kier molecular flexibility index (Phi) is 5.08. The van der Waals surface area contributed by atoms with E-state index in [2.05, 4.69) is 15.6 Å². The minimum Gasteiger partial charge on any atom is -0.439 e. The molecular weight excluding hydrogens is 384 g/mol. The van der Waals surface area contributed by atoms with Gasteiger partial charge in [-0.1, -0.05) is 0 Å². The second-order valence-corrected chi connectivity index (χ2v) is 5.93. The fraction of sp³-hybridized carbons (Fsp3) is 0.235. The summed E-state index contributed by atoms with van der Waals surface area (Å²) >= 11 is 0. The van der Waals surface area contributed by atoms with E-state index in [1.54, 1.807) is 0 Å². The van der Waals surface area contributed by atoms with Crippen molar-refractivity contribution in [3.63, 3.8) is 0 Å². The van der Waals surface area contributed by atoms with Crippen molar-refractivity contribution in [2.75, 3.05) is 18.9 Å². The summed E-state index contributed by atoms with van der Waals surface area (Å²) in [6.45, 7) is 0.0778. The number of pyridine rings is 1. The van der Waals surface area contributed by atoms with Gasteiger partial charge in [-0.2, -0.15) is 13.2 Å². The summed E-state index contributed by atoms with van der Waals surface area (Å²) in [6.07, 6.45) is -3.91. The molecule has 11 heteroatoms. The predicted octanol–water partition coefficient (Wildman–Crippen LogP) is 2.99. The molecule has 2 N–H and O–H groups in total. The molecule has 1 saturated heterocycles. The normalized spacial score (nSPS) is 16.7. The molecule has 0 radical (unpaired) electrons. The number of carbonyl (C=O) groups excluding carboxylic acids is 2. The van der Waals surface area contributed by atoms with Crippen LogP contribution in [0.1, 0.15) is 5.56 Å². The van der Waals surface area contributed by atoms with Gasteiger partial charge in [0, 0.05) is 31.9 Å². The first kappa shape index (κ1) is 19.4. The van der Waals surface area contributed by atoms with Crippen LogP contribution < -0.4 is 15.4 Å². The molecule has 2 aromatic rings. The van der Waals surface area contributed by atoms with Gasteiger partial charge in [-0.05, 0) is 18.2 Å². The number of halogens is 4. The van der Waals surface area contributed by atoms with Gasteiger partial charge in [0.15, 0.2) is 0 Å². The summed E-state index contributed by atoms with van der Waals surface area (Å²) in [7, 11) is 1.43. The van der Waals surface area contributed by atoms with E-state index in [1.165, 1.54) is 18.0 Å². The number of nitrogens with one attached hydrogen (secondary N) is 2. The molecule has 2 heterocycles. The van der Waals surface area contributed by atoms with Gasteiger partial charge in [0.2, 0.25) is 11.8 Å². The molecule has 1 aromatic heterocycles. The number of ether oxygens (including phenoxy) is 1. The van der Waals surface area contributed by atoms with Crippen LogP contribution in [0.15, 0.2) is 36.5 Å². The SMILES string of the molecule is CN1C(=O)NC[C@H]1C(=O)Nc1cc(Oc2ccc(C(F)(F)F)cn2)ccc1F. The number of rotatable bonds is 4. The molecule has 0 aliphatic carbocycles. The number of benzene rings is 1. The Labute approximate surface area is 156 Å². The molecule has 28 heavy (non-hydrogen) atoms. The number of nitrogens with zero attached hydrogens (tertiary/aromatic N) is 2. The quantitative estimate of drug-likeness (QED) is 0.776. The van der Waals surface area contributed by atoms with Crippen LogP contribution in [0, 0.1) is 5.82 Å². The highest BCUT2D eigenvalue weighted by atomic mass is 19.4. The number of aromatic nitrogens is 1. The lowest BCUT2D eigenvalue weighted by Crippen LogP contribution is -2.40. The monoisotopic (exact) mass is 398 g/mol. The number of urea groups is 1. The summed E-state index contributed by atoms with van der Waals surface area (Å²) in [5, 5.41) is 4.84. The summed E-state index contributed by atoms with van der Waals surface area (Å²) < 4.78 is 57.0. The van der Waals surface area contributed by atoms with Gasteiger partial charge in [-0.25, -0.2) is 14.2 Å². The summed E-state index contributed by atoms with van der Waals surface area (Å²) in [5.74, 6) is -1.44.